The van der Waals surface area contributed by atoms with Gasteiger partial charge >= 0.3 is 0 Å². The summed E-state index contributed by atoms with van der Waals surface area (Å²) in [7, 11) is 0. The summed E-state index contributed by atoms with van der Waals surface area (Å²) >= 11 is 0. The third-order valence-corrected chi connectivity index (χ3v) is 3.81. The molecular weight excluding hydrogens is 222 g/mol. The molecule has 1 atom stereocenters. The van der Waals surface area contributed by atoms with Crippen LogP contribution in [0.5, 0.6) is 0 Å². The summed E-state index contributed by atoms with van der Waals surface area (Å²) in [5.74, 6) is 0. The largest absolute Gasteiger partial charge is 0.311 e. The van der Waals surface area contributed by atoms with Gasteiger partial charge in [-0.15, -0.1) is 0 Å². The zero-order valence-corrected chi connectivity index (χ0v) is 13.5. The third kappa shape index (κ3) is 5.25. The molecule has 3 heteroatoms. The highest BCUT2D eigenvalue weighted by atomic mass is 15.3. The van der Waals surface area contributed by atoms with Gasteiger partial charge in [0.2, 0.25) is 0 Å². The Hall–Kier alpha value is -0.120. The highest BCUT2D eigenvalue weighted by Gasteiger charge is 2.27. The van der Waals surface area contributed by atoms with E-state index < -0.39 is 0 Å². The predicted octanol–water partition coefficient (Wildman–Crippen LogP) is 2.18. The molecule has 108 valence electrons. The Kier molecular flexibility index (Phi) is 5.22. The predicted molar refractivity (Wildman–Crippen MR) is 80.1 cm³/mol. The topological polar surface area (TPSA) is 18.5 Å². The highest BCUT2D eigenvalue weighted by molar-refractivity contribution is 4.85. The second-order valence-electron chi connectivity index (χ2n) is 7.67. The minimum Gasteiger partial charge on any atom is -0.311 e. The molecule has 0 amide bonds. The Morgan fingerprint density at radius 1 is 0.944 bits per heavy atom. The van der Waals surface area contributed by atoms with Crippen LogP contribution in [0.3, 0.4) is 0 Å². The fourth-order valence-electron chi connectivity index (χ4n) is 2.42. The number of hydrogen-bond acceptors (Lipinski definition) is 3. The third-order valence-electron chi connectivity index (χ3n) is 3.81. The van der Waals surface area contributed by atoms with Gasteiger partial charge in [-0.25, -0.2) is 0 Å². The van der Waals surface area contributed by atoms with Crippen LogP contribution >= 0.6 is 0 Å². The van der Waals surface area contributed by atoms with Crippen molar-refractivity contribution in [2.45, 2.75) is 65.6 Å². The van der Waals surface area contributed by atoms with E-state index in [0.29, 0.717) is 11.6 Å². The molecule has 0 aromatic carbocycles. The molecule has 0 aromatic rings. The molecule has 1 N–H and O–H groups in total. The van der Waals surface area contributed by atoms with Crippen molar-refractivity contribution in [3.63, 3.8) is 0 Å². The number of piperazine rings is 1. The summed E-state index contributed by atoms with van der Waals surface area (Å²) in [6.07, 6.45) is 0. The van der Waals surface area contributed by atoms with Gasteiger partial charge in [0, 0.05) is 49.8 Å². The van der Waals surface area contributed by atoms with E-state index in [2.05, 4.69) is 63.6 Å². The lowest BCUT2D eigenvalue weighted by Gasteiger charge is -2.44. The van der Waals surface area contributed by atoms with E-state index in [4.69, 9.17) is 0 Å². The standard InChI is InChI=1S/C15H33N3/c1-13(12-16-14(2,3)4)17-8-10-18(11-9-17)15(5,6)7/h13,16H,8-12H2,1-7H3. The van der Waals surface area contributed by atoms with E-state index in [1.807, 2.05) is 0 Å². The minimum absolute atomic E-state index is 0.224. The summed E-state index contributed by atoms with van der Waals surface area (Å²) in [6.45, 7) is 21.9. The van der Waals surface area contributed by atoms with Gasteiger partial charge < -0.3 is 5.32 Å². The molecule has 0 aromatic heterocycles. The lowest BCUT2D eigenvalue weighted by molar-refractivity contribution is 0.0445. The summed E-state index contributed by atoms with van der Waals surface area (Å²) in [4.78, 5) is 5.20. The van der Waals surface area contributed by atoms with Crippen molar-refractivity contribution in [3.8, 4) is 0 Å². The van der Waals surface area contributed by atoms with E-state index in [9.17, 15) is 0 Å². The number of rotatable bonds is 3. The molecule has 1 fully saturated rings. The SMILES string of the molecule is CC(CNC(C)(C)C)N1CCN(C(C)(C)C)CC1. The zero-order valence-electron chi connectivity index (χ0n) is 13.5. The van der Waals surface area contributed by atoms with Crippen LogP contribution in [0.1, 0.15) is 48.5 Å². The number of nitrogens with one attached hydrogen (secondary N) is 1. The summed E-state index contributed by atoms with van der Waals surface area (Å²) in [5, 5.41) is 3.61. The normalized spacial score (nSPS) is 22.2. The van der Waals surface area contributed by atoms with Crippen LogP contribution in [0.4, 0.5) is 0 Å². The average molecular weight is 255 g/mol. The summed E-state index contributed by atoms with van der Waals surface area (Å²) in [5.41, 5.74) is 0.542. The van der Waals surface area contributed by atoms with Crippen molar-refractivity contribution in [2.24, 2.45) is 0 Å². The zero-order chi connectivity index (χ0) is 14.0. The van der Waals surface area contributed by atoms with Crippen molar-refractivity contribution >= 4 is 0 Å². The average Bonchev–Trinajstić information content (AvgIpc) is 2.24. The van der Waals surface area contributed by atoms with Crippen LogP contribution in [0.2, 0.25) is 0 Å². The van der Waals surface area contributed by atoms with Crippen molar-refractivity contribution in [1.29, 1.82) is 0 Å². The molecule has 1 heterocycles. The molecule has 3 nitrogen and oxygen atoms in total. The first-order valence-corrected chi connectivity index (χ1v) is 7.34. The fourth-order valence-corrected chi connectivity index (χ4v) is 2.42. The molecule has 0 aliphatic carbocycles. The Balaban J connectivity index is 2.34. The maximum Gasteiger partial charge on any atom is 0.0193 e. The molecule has 1 aliphatic heterocycles. The van der Waals surface area contributed by atoms with Crippen molar-refractivity contribution in [2.75, 3.05) is 32.7 Å². The first-order valence-electron chi connectivity index (χ1n) is 7.34. The Labute approximate surface area is 114 Å². The van der Waals surface area contributed by atoms with Gasteiger partial charge in [0.1, 0.15) is 0 Å². The molecule has 0 radical (unpaired) electrons. The Morgan fingerprint density at radius 2 is 1.44 bits per heavy atom. The van der Waals surface area contributed by atoms with Gasteiger partial charge in [-0.3, -0.25) is 9.80 Å². The molecule has 0 bridgehead atoms. The quantitative estimate of drug-likeness (QED) is 0.834. The molecule has 1 unspecified atom stereocenters. The van der Waals surface area contributed by atoms with Crippen LogP contribution in [0, 0.1) is 0 Å². The van der Waals surface area contributed by atoms with Crippen LogP contribution in [0.25, 0.3) is 0 Å². The van der Waals surface area contributed by atoms with E-state index in [-0.39, 0.29) is 5.54 Å². The van der Waals surface area contributed by atoms with Crippen LogP contribution < -0.4 is 5.32 Å². The van der Waals surface area contributed by atoms with Gasteiger partial charge in [-0.2, -0.15) is 0 Å². The Bertz CT molecular complexity index is 241. The fraction of sp³-hybridized carbons (Fsp3) is 1.00. The monoisotopic (exact) mass is 255 g/mol. The van der Waals surface area contributed by atoms with Crippen molar-refractivity contribution in [3.05, 3.63) is 0 Å². The molecule has 1 aliphatic rings. The maximum atomic E-state index is 3.61. The van der Waals surface area contributed by atoms with Gasteiger partial charge in [-0.1, -0.05) is 0 Å². The van der Waals surface area contributed by atoms with Gasteiger partial charge in [0.05, 0.1) is 0 Å². The van der Waals surface area contributed by atoms with Gasteiger partial charge in [-0.05, 0) is 48.5 Å². The second kappa shape index (κ2) is 5.89. The molecule has 1 rings (SSSR count). The highest BCUT2D eigenvalue weighted by Crippen LogP contribution is 2.16. The first kappa shape index (κ1) is 15.9. The van der Waals surface area contributed by atoms with E-state index in [1.165, 1.54) is 26.2 Å². The van der Waals surface area contributed by atoms with E-state index >= 15 is 0 Å². The van der Waals surface area contributed by atoms with E-state index in [1.54, 1.807) is 0 Å². The van der Waals surface area contributed by atoms with Crippen LogP contribution in [-0.4, -0.2) is 59.6 Å². The van der Waals surface area contributed by atoms with E-state index in [0.717, 1.165) is 6.54 Å². The van der Waals surface area contributed by atoms with Crippen molar-refractivity contribution in [1.82, 2.24) is 15.1 Å². The van der Waals surface area contributed by atoms with Gasteiger partial charge in [0.25, 0.3) is 0 Å². The molecule has 0 spiro atoms. The second-order valence-corrected chi connectivity index (χ2v) is 7.67. The molecule has 0 saturated carbocycles. The first-order chi connectivity index (χ1) is 8.09. The summed E-state index contributed by atoms with van der Waals surface area (Å²) < 4.78 is 0. The van der Waals surface area contributed by atoms with Crippen LogP contribution in [-0.2, 0) is 0 Å². The number of nitrogens with zero attached hydrogens (tertiary/aromatic N) is 2. The van der Waals surface area contributed by atoms with Gasteiger partial charge in [0.15, 0.2) is 0 Å². The lowest BCUT2D eigenvalue weighted by atomic mass is 10.0. The molecule has 18 heavy (non-hydrogen) atoms. The maximum absolute atomic E-state index is 3.61. The van der Waals surface area contributed by atoms with Crippen molar-refractivity contribution < 1.29 is 0 Å². The smallest absolute Gasteiger partial charge is 0.0193 e. The summed E-state index contributed by atoms with van der Waals surface area (Å²) in [6, 6.07) is 0.631. The lowest BCUT2D eigenvalue weighted by Crippen LogP contribution is -2.57. The number of hydrogen-bond donors (Lipinski definition) is 1. The molecular formula is C15H33N3. The van der Waals surface area contributed by atoms with Crippen LogP contribution in [0.15, 0.2) is 0 Å². The molecule has 1 saturated heterocycles. The minimum atomic E-state index is 0.224. The Morgan fingerprint density at radius 3 is 1.83 bits per heavy atom.